The second-order valence-electron chi connectivity index (χ2n) is 5.63. The molecule has 0 atom stereocenters. The number of nitrogens with zero attached hydrogens (tertiary/aromatic N) is 3. The number of aromatic amines is 1. The van der Waals surface area contributed by atoms with Gasteiger partial charge in [-0.15, -0.1) is 22.7 Å². The third kappa shape index (κ3) is 3.18. The number of fused-ring (bicyclic) bond motifs is 1. The summed E-state index contributed by atoms with van der Waals surface area (Å²) < 4.78 is 1.09. The molecule has 8 heteroatoms. The first-order valence-corrected chi connectivity index (χ1v) is 9.43. The summed E-state index contributed by atoms with van der Waals surface area (Å²) in [5, 5.41) is 11.8. The van der Waals surface area contributed by atoms with E-state index in [1.807, 2.05) is 29.9 Å². The Morgan fingerprint density at radius 2 is 2.16 bits per heavy atom. The number of aliphatic carboxylic acids is 1. The number of aromatic nitrogens is 4. The van der Waals surface area contributed by atoms with E-state index in [2.05, 4.69) is 26.0 Å². The maximum Gasteiger partial charge on any atom is 0.303 e. The molecule has 0 aliphatic heterocycles. The SMILES string of the molecule is Cc1csc(-c2[nH]c(CCC(=O)O)nc2-c2ccc3ncsc3c2)n1. The predicted octanol–water partition coefficient (Wildman–Crippen LogP) is 4.14. The van der Waals surface area contributed by atoms with E-state index in [-0.39, 0.29) is 6.42 Å². The summed E-state index contributed by atoms with van der Waals surface area (Å²) in [6, 6.07) is 6.03. The molecule has 3 aromatic heterocycles. The van der Waals surface area contributed by atoms with Crippen molar-refractivity contribution in [3.8, 4) is 22.0 Å². The van der Waals surface area contributed by atoms with Crippen LogP contribution in [-0.2, 0) is 11.2 Å². The van der Waals surface area contributed by atoms with Crippen LogP contribution in [0.1, 0.15) is 17.9 Å². The lowest BCUT2D eigenvalue weighted by Gasteiger charge is -2.00. The monoisotopic (exact) mass is 370 g/mol. The maximum atomic E-state index is 10.9. The van der Waals surface area contributed by atoms with Gasteiger partial charge in [0.05, 0.1) is 27.8 Å². The topological polar surface area (TPSA) is 91.8 Å². The van der Waals surface area contributed by atoms with Crippen LogP contribution in [0.5, 0.6) is 0 Å². The van der Waals surface area contributed by atoms with Crippen LogP contribution in [0.25, 0.3) is 32.2 Å². The fraction of sp³-hybridized carbons (Fsp3) is 0.176. The molecule has 0 spiro atoms. The quantitative estimate of drug-likeness (QED) is 0.551. The van der Waals surface area contributed by atoms with E-state index >= 15 is 0 Å². The summed E-state index contributed by atoms with van der Waals surface area (Å²) in [6.07, 6.45) is 0.395. The third-order valence-electron chi connectivity index (χ3n) is 3.77. The van der Waals surface area contributed by atoms with Crippen molar-refractivity contribution in [2.75, 3.05) is 0 Å². The van der Waals surface area contributed by atoms with Gasteiger partial charge in [-0.25, -0.2) is 15.0 Å². The molecule has 0 fully saturated rings. The molecule has 0 saturated carbocycles. The van der Waals surface area contributed by atoms with Crippen LogP contribution in [0, 0.1) is 6.92 Å². The summed E-state index contributed by atoms with van der Waals surface area (Å²) in [6.45, 7) is 1.95. The van der Waals surface area contributed by atoms with Gasteiger partial charge in [0.25, 0.3) is 0 Å². The van der Waals surface area contributed by atoms with Crippen molar-refractivity contribution in [1.29, 1.82) is 0 Å². The Morgan fingerprint density at radius 1 is 1.28 bits per heavy atom. The molecule has 3 heterocycles. The molecule has 25 heavy (non-hydrogen) atoms. The molecule has 0 saturated heterocycles. The van der Waals surface area contributed by atoms with Crippen LogP contribution in [-0.4, -0.2) is 31.0 Å². The zero-order valence-corrected chi connectivity index (χ0v) is 14.9. The Hall–Kier alpha value is -2.58. The highest BCUT2D eigenvalue weighted by Crippen LogP contribution is 2.34. The minimum atomic E-state index is -0.837. The third-order valence-corrected chi connectivity index (χ3v) is 5.54. The first-order chi connectivity index (χ1) is 12.1. The molecule has 0 bridgehead atoms. The average Bonchev–Trinajstić information content (AvgIpc) is 3.30. The molecule has 0 unspecified atom stereocenters. The van der Waals surface area contributed by atoms with Gasteiger partial charge in [0, 0.05) is 23.1 Å². The second-order valence-corrected chi connectivity index (χ2v) is 7.37. The molecule has 0 radical (unpaired) electrons. The minimum absolute atomic E-state index is 0.0389. The van der Waals surface area contributed by atoms with Crippen LogP contribution in [0.3, 0.4) is 0 Å². The van der Waals surface area contributed by atoms with Crippen LogP contribution >= 0.6 is 22.7 Å². The molecular formula is C17H14N4O2S2. The molecule has 1 aromatic carbocycles. The Balaban J connectivity index is 1.82. The number of hydrogen-bond donors (Lipinski definition) is 2. The fourth-order valence-corrected chi connectivity index (χ4v) is 4.11. The Morgan fingerprint density at radius 3 is 2.92 bits per heavy atom. The van der Waals surface area contributed by atoms with E-state index in [0.717, 1.165) is 37.9 Å². The van der Waals surface area contributed by atoms with Gasteiger partial charge in [-0.3, -0.25) is 4.79 Å². The van der Waals surface area contributed by atoms with Gasteiger partial charge >= 0.3 is 5.97 Å². The molecule has 4 aromatic rings. The number of nitrogens with one attached hydrogen (secondary N) is 1. The number of carbonyl (C=O) groups is 1. The number of imidazole rings is 1. The zero-order chi connectivity index (χ0) is 17.4. The summed E-state index contributed by atoms with van der Waals surface area (Å²) in [4.78, 5) is 27.7. The Labute approximate surface area is 151 Å². The number of carboxylic acid groups (broad SMARTS) is 1. The number of thiazole rings is 2. The highest BCUT2D eigenvalue weighted by molar-refractivity contribution is 7.16. The van der Waals surface area contributed by atoms with E-state index in [1.165, 1.54) is 0 Å². The van der Waals surface area contributed by atoms with Crippen LogP contribution in [0.15, 0.2) is 29.1 Å². The van der Waals surface area contributed by atoms with Crippen molar-refractivity contribution < 1.29 is 9.90 Å². The Bertz CT molecular complexity index is 1060. The molecule has 0 aliphatic rings. The van der Waals surface area contributed by atoms with Crippen molar-refractivity contribution in [3.63, 3.8) is 0 Å². The van der Waals surface area contributed by atoms with E-state index in [0.29, 0.717) is 12.2 Å². The molecule has 6 nitrogen and oxygen atoms in total. The van der Waals surface area contributed by atoms with Crippen molar-refractivity contribution in [1.82, 2.24) is 19.9 Å². The van der Waals surface area contributed by atoms with Gasteiger partial charge in [-0.2, -0.15) is 0 Å². The van der Waals surface area contributed by atoms with Gasteiger partial charge < -0.3 is 10.1 Å². The van der Waals surface area contributed by atoms with Crippen LogP contribution < -0.4 is 0 Å². The maximum absolute atomic E-state index is 10.9. The predicted molar refractivity (Wildman–Crippen MR) is 99.0 cm³/mol. The highest BCUT2D eigenvalue weighted by atomic mass is 32.1. The van der Waals surface area contributed by atoms with Crippen LogP contribution in [0.4, 0.5) is 0 Å². The minimum Gasteiger partial charge on any atom is -0.481 e. The second kappa shape index (κ2) is 6.38. The van der Waals surface area contributed by atoms with E-state index < -0.39 is 5.97 Å². The highest BCUT2D eigenvalue weighted by Gasteiger charge is 2.17. The van der Waals surface area contributed by atoms with Gasteiger partial charge in [-0.1, -0.05) is 6.07 Å². The lowest BCUT2D eigenvalue weighted by atomic mass is 10.1. The number of rotatable bonds is 5. The number of aryl methyl sites for hydroxylation is 2. The molecule has 0 aliphatic carbocycles. The Kier molecular flexibility index (Phi) is 4.06. The van der Waals surface area contributed by atoms with Crippen molar-refractivity contribution in [2.45, 2.75) is 19.8 Å². The smallest absolute Gasteiger partial charge is 0.303 e. The van der Waals surface area contributed by atoms with Crippen molar-refractivity contribution in [3.05, 3.63) is 40.6 Å². The zero-order valence-electron chi connectivity index (χ0n) is 13.3. The van der Waals surface area contributed by atoms with E-state index in [4.69, 9.17) is 5.11 Å². The van der Waals surface area contributed by atoms with Gasteiger partial charge in [0.15, 0.2) is 0 Å². The average molecular weight is 370 g/mol. The van der Waals surface area contributed by atoms with Crippen molar-refractivity contribution >= 4 is 38.9 Å². The fourth-order valence-electron chi connectivity index (χ4n) is 2.60. The van der Waals surface area contributed by atoms with E-state index in [9.17, 15) is 4.79 Å². The normalized spacial score (nSPS) is 11.2. The van der Waals surface area contributed by atoms with Gasteiger partial charge in [-0.05, 0) is 19.1 Å². The number of H-pyrrole nitrogens is 1. The van der Waals surface area contributed by atoms with Crippen LogP contribution in [0.2, 0.25) is 0 Å². The molecule has 126 valence electrons. The number of carboxylic acids is 1. The number of hydrogen-bond acceptors (Lipinski definition) is 6. The summed E-state index contributed by atoms with van der Waals surface area (Å²) in [5.41, 5.74) is 6.33. The lowest BCUT2D eigenvalue weighted by Crippen LogP contribution is -1.98. The van der Waals surface area contributed by atoms with Gasteiger partial charge in [0.2, 0.25) is 0 Å². The first kappa shape index (κ1) is 15.9. The molecule has 4 rings (SSSR count). The van der Waals surface area contributed by atoms with Crippen molar-refractivity contribution in [2.24, 2.45) is 0 Å². The van der Waals surface area contributed by atoms with E-state index in [1.54, 1.807) is 22.7 Å². The largest absolute Gasteiger partial charge is 0.481 e. The molecular weight excluding hydrogens is 356 g/mol. The number of benzene rings is 1. The summed E-state index contributed by atoms with van der Waals surface area (Å²) in [7, 11) is 0. The summed E-state index contributed by atoms with van der Waals surface area (Å²) >= 11 is 3.13. The standard InChI is InChI=1S/C17H14N4O2S2/c1-9-7-24-17(19-9)16-15(20-13(21-16)4-5-14(22)23)10-2-3-11-12(6-10)25-8-18-11/h2-3,6-8H,4-5H2,1H3,(H,20,21)(H,22,23). The summed E-state index contributed by atoms with van der Waals surface area (Å²) in [5.74, 6) is -0.180. The molecule has 0 amide bonds. The van der Waals surface area contributed by atoms with Gasteiger partial charge in [0.1, 0.15) is 16.5 Å². The lowest BCUT2D eigenvalue weighted by molar-refractivity contribution is -0.137. The first-order valence-electron chi connectivity index (χ1n) is 7.67. The molecule has 2 N–H and O–H groups in total.